The molecule has 3 heteroatoms. The van der Waals surface area contributed by atoms with Gasteiger partial charge in [0, 0.05) is 29.2 Å². The molecule has 21 heavy (non-hydrogen) atoms. The highest BCUT2D eigenvalue weighted by Crippen LogP contribution is 2.33. The Morgan fingerprint density at radius 3 is 2.52 bits per heavy atom. The smallest absolute Gasteiger partial charge is 0.0525 e. The van der Waals surface area contributed by atoms with E-state index in [9.17, 15) is 0 Å². The Balaban J connectivity index is 1.68. The normalized spacial score (nSPS) is 14.6. The number of nitrogens with one attached hydrogen (secondary N) is 1. The highest BCUT2D eigenvalue weighted by atomic mass is 32.1. The third-order valence-electron chi connectivity index (χ3n) is 3.88. The van der Waals surface area contributed by atoms with Crippen LogP contribution in [0.3, 0.4) is 0 Å². The molecule has 0 spiro atoms. The molecule has 0 radical (unpaired) electrons. The minimum atomic E-state index is 0.534. The standard InChI is InChI=1S/C18H24N2S/c1-14(2)19-12-15-5-7-16(8-6-15)20(17-9-10-17)13-18-4-3-11-21-18/h3-8,11,14,17,19H,9-10,12-13H2,1-2H3. The van der Waals surface area contributed by atoms with Crippen LogP contribution in [-0.2, 0) is 13.1 Å². The predicted octanol–water partition coefficient (Wildman–Crippen LogP) is 4.42. The molecule has 0 bridgehead atoms. The van der Waals surface area contributed by atoms with Crippen LogP contribution in [0.25, 0.3) is 0 Å². The van der Waals surface area contributed by atoms with Gasteiger partial charge in [0.15, 0.2) is 0 Å². The van der Waals surface area contributed by atoms with E-state index in [2.05, 4.69) is 65.8 Å². The number of thiophene rings is 1. The Morgan fingerprint density at radius 1 is 1.19 bits per heavy atom. The van der Waals surface area contributed by atoms with Gasteiger partial charge < -0.3 is 10.2 Å². The maximum absolute atomic E-state index is 3.47. The largest absolute Gasteiger partial charge is 0.363 e. The first-order valence-corrected chi connectivity index (χ1v) is 8.71. The number of anilines is 1. The second-order valence-corrected chi connectivity index (χ2v) is 7.17. The lowest BCUT2D eigenvalue weighted by Gasteiger charge is -2.24. The summed E-state index contributed by atoms with van der Waals surface area (Å²) in [5, 5.41) is 5.64. The zero-order valence-corrected chi connectivity index (χ0v) is 13.7. The molecule has 1 aliphatic rings. The molecule has 2 nitrogen and oxygen atoms in total. The average Bonchev–Trinajstić information content (AvgIpc) is 3.20. The first-order valence-electron chi connectivity index (χ1n) is 7.84. The van der Waals surface area contributed by atoms with Crippen LogP contribution in [0.1, 0.15) is 37.1 Å². The Hall–Kier alpha value is -1.32. The van der Waals surface area contributed by atoms with Crippen LogP contribution in [-0.4, -0.2) is 12.1 Å². The molecule has 0 unspecified atom stereocenters. The summed E-state index contributed by atoms with van der Waals surface area (Å²) in [6.45, 7) is 6.37. The van der Waals surface area contributed by atoms with Crippen LogP contribution in [0.15, 0.2) is 41.8 Å². The van der Waals surface area contributed by atoms with Gasteiger partial charge >= 0.3 is 0 Å². The average molecular weight is 300 g/mol. The first kappa shape index (κ1) is 14.6. The van der Waals surface area contributed by atoms with E-state index in [4.69, 9.17) is 0 Å². The highest BCUT2D eigenvalue weighted by Gasteiger charge is 2.29. The molecule has 1 aromatic carbocycles. The minimum Gasteiger partial charge on any atom is -0.363 e. The molecule has 1 aliphatic carbocycles. The summed E-state index contributed by atoms with van der Waals surface area (Å²) in [7, 11) is 0. The number of hydrogen-bond acceptors (Lipinski definition) is 3. The molecule has 3 rings (SSSR count). The monoisotopic (exact) mass is 300 g/mol. The molecule has 1 saturated carbocycles. The van der Waals surface area contributed by atoms with E-state index in [1.807, 2.05) is 11.3 Å². The van der Waals surface area contributed by atoms with Crippen molar-refractivity contribution in [3.8, 4) is 0 Å². The SMILES string of the molecule is CC(C)NCc1ccc(N(Cc2cccs2)C2CC2)cc1. The van der Waals surface area contributed by atoms with Crippen molar-refractivity contribution in [2.24, 2.45) is 0 Å². The van der Waals surface area contributed by atoms with Gasteiger partial charge in [-0.3, -0.25) is 0 Å². The Kier molecular flexibility index (Phi) is 4.61. The van der Waals surface area contributed by atoms with E-state index >= 15 is 0 Å². The number of hydrogen-bond donors (Lipinski definition) is 1. The van der Waals surface area contributed by atoms with Crippen molar-refractivity contribution in [3.63, 3.8) is 0 Å². The zero-order chi connectivity index (χ0) is 14.7. The third kappa shape index (κ3) is 4.08. The van der Waals surface area contributed by atoms with Crippen LogP contribution < -0.4 is 10.2 Å². The quantitative estimate of drug-likeness (QED) is 0.814. The fraction of sp³-hybridized carbons (Fsp3) is 0.444. The van der Waals surface area contributed by atoms with Gasteiger partial charge in [-0.1, -0.05) is 32.0 Å². The summed E-state index contributed by atoms with van der Waals surface area (Å²) in [4.78, 5) is 4.01. The van der Waals surface area contributed by atoms with Crippen LogP contribution in [0.5, 0.6) is 0 Å². The van der Waals surface area contributed by atoms with Crippen molar-refractivity contribution in [1.29, 1.82) is 0 Å². The second-order valence-electron chi connectivity index (χ2n) is 6.14. The van der Waals surface area contributed by atoms with E-state index in [1.165, 1.54) is 29.0 Å². The second kappa shape index (κ2) is 6.63. The molecular weight excluding hydrogens is 276 g/mol. The maximum Gasteiger partial charge on any atom is 0.0525 e. The van der Waals surface area contributed by atoms with Gasteiger partial charge in [0.25, 0.3) is 0 Å². The van der Waals surface area contributed by atoms with Crippen molar-refractivity contribution in [1.82, 2.24) is 5.32 Å². The van der Waals surface area contributed by atoms with Gasteiger partial charge in [-0.05, 0) is 42.0 Å². The first-order chi connectivity index (χ1) is 10.2. The van der Waals surface area contributed by atoms with Crippen LogP contribution in [0.2, 0.25) is 0 Å². The van der Waals surface area contributed by atoms with Gasteiger partial charge in [-0.25, -0.2) is 0 Å². The van der Waals surface area contributed by atoms with Crippen LogP contribution in [0.4, 0.5) is 5.69 Å². The lowest BCUT2D eigenvalue weighted by atomic mass is 10.1. The summed E-state index contributed by atoms with van der Waals surface area (Å²) >= 11 is 1.85. The number of benzene rings is 1. The molecule has 0 aliphatic heterocycles. The molecule has 1 N–H and O–H groups in total. The molecule has 1 heterocycles. The van der Waals surface area contributed by atoms with Crippen LogP contribution >= 0.6 is 11.3 Å². The summed E-state index contributed by atoms with van der Waals surface area (Å²) in [6, 6.07) is 14.7. The van der Waals surface area contributed by atoms with Crippen LogP contribution in [0, 0.1) is 0 Å². The third-order valence-corrected chi connectivity index (χ3v) is 4.74. The molecule has 1 fully saturated rings. The van der Waals surface area contributed by atoms with E-state index in [1.54, 1.807) is 0 Å². The molecule has 112 valence electrons. The van der Waals surface area contributed by atoms with Crippen molar-refractivity contribution >= 4 is 17.0 Å². The van der Waals surface area contributed by atoms with E-state index < -0.39 is 0 Å². The van der Waals surface area contributed by atoms with Gasteiger partial charge in [-0.15, -0.1) is 11.3 Å². The molecular formula is C18H24N2S. The van der Waals surface area contributed by atoms with Gasteiger partial charge in [0.1, 0.15) is 0 Å². The van der Waals surface area contributed by atoms with E-state index in [0.29, 0.717) is 6.04 Å². The Labute approximate surface area is 131 Å². The predicted molar refractivity (Wildman–Crippen MR) is 91.9 cm³/mol. The molecule has 0 amide bonds. The molecule has 0 saturated heterocycles. The lowest BCUT2D eigenvalue weighted by Crippen LogP contribution is -2.24. The van der Waals surface area contributed by atoms with E-state index in [0.717, 1.165) is 19.1 Å². The van der Waals surface area contributed by atoms with Crippen molar-refractivity contribution < 1.29 is 0 Å². The highest BCUT2D eigenvalue weighted by molar-refractivity contribution is 7.09. The molecule has 1 aromatic heterocycles. The Morgan fingerprint density at radius 2 is 1.95 bits per heavy atom. The van der Waals surface area contributed by atoms with Gasteiger partial charge in [0.2, 0.25) is 0 Å². The lowest BCUT2D eigenvalue weighted by molar-refractivity contribution is 0.589. The summed E-state index contributed by atoms with van der Waals surface area (Å²) in [5.41, 5.74) is 2.72. The zero-order valence-electron chi connectivity index (χ0n) is 12.9. The molecule has 0 atom stereocenters. The van der Waals surface area contributed by atoms with Crippen molar-refractivity contribution in [2.45, 2.75) is 51.9 Å². The summed E-state index contributed by atoms with van der Waals surface area (Å²) < 4.78 is 0. The van der Waals surface area contributed by atoms with E-state index in [-0.39, 0.29) is 0 Å². The van der Waals surface area contributed by atoms with Crippen molar-refractivity contribution in [3.05, 3.63) is 52.2 Å². The summed E-state index contributed by atoms with van der Waals surface area (Å²) in [6.07, 6.45) is 2.67. The topological polar surface area (TPSA) is 15.3 Å². The maximum atomic E-state index is 3.47. The minimum absolute atomic E-state index is 0.534. The van der Waals surface area contributed by atoms with Gasteiger partial charge in [0.05, 0.1) is 6.54 Å². The Bertz CT molecular complexity index is 541. The van der Waals surface area contributed by atoms with Crippen molar-refractivity contribution in [2.75, 3.05) is 4.90 Å². The summed E-state index contributed by atoms with van der Waals surface area (Å²) in [5.74, 6) is 0. The number of nitrogens with zero attached hydrogens (tertiary/aromatic N) is 1. The molecule has 2 aromatic rings. The fourth-order valence-electron chi connectivity index (χ4n) is 2.52. The fourth-order valence-corrected chi connectivity index (χ4v) is 3.22. The number of rotatable bonds is 7. The van der Waals surface area contributed by atoms with Gasteiger partial charge in [-0.2, -0.15) is 0 Å².